The van der Waals surface area contributed by atoms with Crippen LogP contribution in [0, 0.1) is 0 Å². The number of aromatic nitrogens is 1. The Morgan fingerprint density at radius 3 is 2.37 bits per heavy atom. The van der Waals surface area contributed by atoms with Crippen LogP contribution in [0.15, 0.2) is 54.6 Å². The van der Waals surface area contributed by atoms with Crippen molar-refractivity contribution in [2.75, 3.05) is 39.4 Å². The lowest BCUT2D eigenvalue weighted by Gasteiger charge is -2.29. The molecule has 46 heavy (non-hydrogen) atoms. The van der Waals surface area contributed by atoms with Gasteiger partial charge in [0, 0.05) is 38.3 Å². The van der Waals surface area contributed by atoms with E-state index in [1.807, 2.05) is 24.3 Å². The minimum Gasteiger partial charge on any atom is -0.406 e. The first-order valence-corrected chi connectivity index (χ1v) is 14.1. The summed E-state index contributed by atoms with van der Waals surface area (Å²) in [5, 5.41) is 4.83. The topological polar surface area (TPSA) is 111 Å². The van der Waals surface area contributed by atoms with Gasteiger partial charge in [-0.3, -0.25) is 9.69 Å². The zero-order chi connectivity index (χ0) is 33.1. The van der Waals surface area contributed by atoms with Gasteiger partial charge in [0.25, 0.3) is 5.91 Å². The molecule has 0 bridgehead atoms. The first-order valence-electron chi connectivity index (χ1n) is 14.1. The number of ether oxygens (including phenoxy) is 3. The van der Waals surface area contributed by atoms with E-state index in [1.165, 1.54) is 18.2 Å². The summed E-state index contributed by atoms with van der Waals surface area (Å²) in [5.74, 6) is -3.58. The van der Waals surface area contributed by atoms with Gasteiger partial charge >= 0.3 is 24.6 Å². The minimum absolute atomic E-state index is 0.0670. The predicted molar refractivity (Wildman–Crippen MR) is 150 cm³/mol. The van der Waals surface area contributed by atoms with E-state index in [9.17, 15) is 40.7 Å². The molecule has 0 radical (unpaired) electrons. The standard InChI is InChI=1S/C30H28F6N4O6/c31-29(32,33)27(42)45-28(43)37-9-8-21-16-38-26(41)24-15-23(20-2-1-3-22(14-20)46-30(34,35)36)25(40(21)24)19-6-4-18(5-7-19)17-39-10-12-44-13-11-39/h1-7,14-15,21H,8-13,16-17H2,(H,37,43)(H,38,41)/t21-/m0/s1. The average molecular weight is 655 g/mol. The molecule has 246 valence electrons. The molecule has 3 aromatic rings. The fourth-order valence-corrected chi connectivity index (χ4v) is 5.38. The van der Waals surface area contributed by atoms with E-state index >= 15 is 0 Å². The number of halogens is 6. The number of morpholine rings is 1. The second kappa shape index (κ2) is 13.4. The van der Waals surface area contributed by atoms with Crippen molar-refractivity contribution < 1.29 is 54.9 Å². The second-order valence-corrected chi connectivity index (χ2v) is 10.6. The average Bonchev–Trinajstić information content (AvgIpc) is 3.40. The number of nitrogens with one attached hydrogen (secondary N) is 2. The quantitative estimate of drug-likeness (QED) is 0.199. The highest BCUT2D eigenvalue weighted by molar-refractivity contribution is 5.98. The number of alkyl halides is 6. The molecule has 3 heterocycles. The van der Waals surface area contributed by atoms with E-state index < -0.39 is 42.3 Å². The van der Waals surface area contributed by atoms with Crippen LogP contribution >= 0.6 is 0 Å². The molecule has 5 rings (SSSR count). The van der Waals surface area contributed by atoms with Crippen molar-refractivity contribution in [3.8, 4) is 28.1 Å². The number of alkyl carbamates (subject to hydrolysis) is 1. The highest BCUT2D eigenvalue weighted by Gasteiger charge is 2.42. The molecule has 1 saturated heterocycles. The smallest absolute Gasteiger partial charge is 0.406 e. The van der Waals surface area contributed by atoms with Crippen LogP contribution in [0.2, 0.25) is 0 Å². The maximum absolute atomic E-state index is 13.0. The fraction of sp³-hybridized carbons (Fsp3) is 0.367. The van der Waals surface area contributed by atoms with Crippen molar-refractivity contribution in [2.45, 2.75) is 31.5 Å². The molecular weight excluding hydrogens is 626 g/mol. The number of carbonyl (C=O) groups excluding carboxylic acids is 3. The lowest BCUT2D eigenvalue weighted by molar-refractivity contribution is -0.274. The Hall–Kier alpha value is -4.57. The van der Waals surface area contributed by atoms with Crippen LogP contribution in [0.3, 0.4) is 0 Å². The van der Waals surface area contributed by atoms with Gasteiger partial charge in [0.15, 0.2) is 0 Å². The molecule has 1 aromatic heterocycles. The number of hydrogen-bond donors (Lipinski definition) is 2. The Morgan fingerprint density at radius 2 is 1.70 bits per heavy atom. The fourth-order valence-electron chi connectivity index (χ4n) is 5.38. The SMILES string of the molecule is O=C(NCC[C@H]1CNC(=O)c2cc(-c3cccc(OC(F)(F)F)c3)c(-c3ccc(CN4CCOCC4)cc3)n21)OC(=O)C(F)(F)F. The van der Waals surface area contributed by atoms with Crippen LogP contribution in [-0.2, 0) is 20.8 Å². The molecule has 0 spiro atoms. The molecule has 16 heteroatoms. The lowest BCUT2D eigenvalue weighted by atomic mass is 9.99. The van der Waals surface area contributed by atoms with Crippen molar-refractivity contribution in [3.63, 3.8) is 0 Å². The molecule has 2 aliphatic heterocycles. The summed E-state index contributed by atoms with van der Waals surface area (Å²) in [5.41, 5.74) is 3.06. The number of nitrogens with zero attached hydrogens (tertiary/aromatic N) is 2. The molecule has 0 saturated carbocycles. The molecule has 10 nitrogen and oxygen atoms in total. The highest BCUT2D eigenvalue weighted by Crippen LogP contribution is 2.40. The monoisotopic (exact) mass is 654 g/mol. The van der Waals surface area contributed by atoms with Gasteiger partial charge in [-0.2, -0.15) is 13.2 Å². The van der Waals surface area contributed by atoms with Crippen LogP contribution in [-0.4, -0.2) is 79.4 Å². The summed E-state index contributed by atoms with van der Waals surface area (Å²) in [4.78, 5) is 38.0. The zero-order valence-corrected chi connectivity index (χ0v) is 24.0. The summed E-state index contributed by atoms with van der Waals surface area (Å²) < 4.78 is 91.4. The summed E-state index contributed by atoms with van der Waals surface area (Å²) in [6.45, 7) is 3.31. The largest absolute Gasteiger partial charge is 0.573 e. The summed E-state index contributed by atoms with van der Waals surface area (Å²) in [6.07, 6.45) is -11.8. The number of carbonyl (C=O) groups is 3. The molecule has 2 amide bonds. The third-order valence-corrected chi connectivity index (χ3v) is 7.41. The summed E-state index contributed by atoms with van der Waals surface area (Å²) >= 11 is 0. The minimum atomic E-state index is -5.35. The molecule has 2 aliphatic rings. The summed E-state index contributed by atoms with van der Waals surface area (Å²) in [6, 6.07) is 13.8. The van der Waals surface area contributed by atoms with E-state index in [4.69, 9.17) is 4.74 Å². The van der Waals surface area contributed by atoms with Gasteiger partial charge in [-0.05, 0) is 41.3 Å². The van der Waals surface area contributed by atoms with Gasteiger partial charge in [0.05, 0.1) is 24.9 Å². The van der Waals surface area contributed by atoms with Gasteiger partial charge < -0.3 is 29.4 Å². The van der Waals surface area contributed by atoms with Crippen molar-refractivity contribution in [2.24, 2.45) is 0 Å². The van der Waals surface area contributed by atoms with E-state index in [-0.39, 0.29) is 25.2 Å². The maximum Gasteiger partial charge on any atom is 0.573 e. The first-order chi connectivity index (χ1) is 21.8. The van der Waals surface area contributed by atoms with Gasteiger partial charge in [0.2, 0.25) is 0 Å². The van der Waals surface area contributed by atoms with Crippen molar-refractivity contribution in [1.29, 1.82) is 0 Å². The lowest BCUT2D eigenvalue weighted by Crippen LogP contribution is -2.41. The first kappa shape index (κ1) is 32.8. The van der Waals surface area contributed by atoms with Crippen molar-refractivity contribution >= 4 is 18.0 Å². The number of rotatable bonds is 8. The van der Waals surface area contributed by atoms with Crippen LogP contribution in [0.4, 0.5) is 31.1 Å². The molecule has 1 fully saturated rings. The Kier molecular flexibility index (Phi) is 9.58. The second-order valence-electron chi connectivity index (χ2n) is 10.6. The van der Waals surface area contributed by atoms with Crippen molar-refractivity contribution in [3.05, 3.63) is 65.9 Å². The van der Waals surface area contributed by atoms with Gasteiger partial charge in [-0.15, -0.1) is 13.2 Å². The third-order valence-electron chi connectivity index (χ3n) is 7.41. The number of benzene rings is 2. The van der Waals surface area contributed by atoms with Gasteiger partial charge in [0.1, 0.15) is 11.4 Å². The molecule has 2 aromatic carbocycles. The highest BCUT2D eigenvalue weighted by atomic mass is 19.4. The molecule has 0 aliphatic carbocycles. The molecule has 0 unspecified atom stereocenters. The van der Waals surface area contributed by atoms with Crippen LogP contribution in [0.5, 0.6) is 5.75 Å². The molecule has 2 N–H and O–H groups in total. The van der Waals surface area contributed by atoms with Crippen LogP contribution in [0.1, 0.15) is 28.5 Å². The van der Waals surface area contributed by atoms with E-state index in [0.717, 1.165) is 24.7 Å². The number of amides is 2. The third kappa shape index (κ3) is 7.98. The van der Waals surface area contributed by atoms with Crippen LogP contribution < -0.4 is 15.4 Å². The Balaban J connectivity index is 1.48. The Morgan fingerprint density at radius 1 is 0.978 bits per heavy atom. The van der Waals surface area contributed by atoms with Crippen LogP contribution in [0.25, 0.3) is 22.4 Å². The normalized spacial score (nSPS) is 17.2. The zero-order valence-electron chi connectivity index (χ0n) is 24.0. The number of esters is 1. The predicted octanol–water partition coefficient (Wildman–Crippen LogP) is 5.04. The van der Waals surface area contributed by atoms with E-state index in [2.05, 4.69) is 25.0 Å². The Labute approximate surface area is 258 Å². The number of hydrogen-bond acceptors (Lipinski definition) is 7. The van der Waals surface area contributed by atoms with E-state index in [0.29, 0.717) is 42.1 Å². The van der Waals surface area contributed by atoms with E-state index in [1.54, 1.807) is 10.6 Å². The number of fused-ring (bicyclic) bond motifs is 1. The molecule has 1 atom stereocenters. The summed E-state index contributed by atoms with van der Waals surface area (Å²) in [7, 11) is 0. The maximum atomic E-state index is 13.0. The Bertz CT molecular complexity index is 1580. The molecular formula is C30H28F6N4O6. The van der Waals surface area contributed by atoms with Crippen molar-refractivity contribution in [1.82, 2.24) is 20.1 Å². The van der Waals surface area contributed by atoms with Gasteiger partial charge in [-0.25, -0.2) is 9.59 Å². The van der Waals surface area contributed by atoms with Gasteiger partial charge in [-0.1, -0.05) is 36.4 Å².